The van der Waals surface area contributed by atoms with Crippen molar-refractivity contribution in [1.82, 2.24) is 25.0 Å². The van der Waals surface area contributed by atoms with Crippen molar-refractivity contribution in [3.8, 4) is 11.5 Å². The number of aliphatic hydroxyl groups excluding tert-OH is 2. The number of aromatic amines is 1. The van der Waals surface area contributed by atoms with E-state index in [0.717, 1.165) is 16.7 Å². The van der Waals surface area contributed by atoms with Crippen molar-refractivity contribution >= 4 is 11.2 Å². The highest BCUT2D eigenvalue weighted by molar-refractivity contribution is 5.68. The summed E-state index contributed by atoms with van der Waals surface area (Å²) in [4.78, 5) is 16.2. The number of rotatable bonds is 9. The molecule has 2 aromatic heterocycles. The number of hydrogen-bond acceptors (Lipinski definition) is 10. The van der Waals surface area contributed by atoms with Crippen LogP contribution in [0.5, 0.6) is 11.5 Å². The predicted octanol–water partition coefficient (Wildman–Crippen LogP) is 2.16. The highest BCUT2D eigenvalue weighted by atomic mass is 16.6. The van der Waals surface area contributed by atoms with E-state index >= 15 is 0 Å². The second-order valence-corrected chi connectivity index (χ2v) is 9.83. The molecule has 3 aromatic carbocycles. The number of H-pyrrole nitrogens is 1. The zero-order valence-corrected chi connectivity index (χ0v) is 22.8. The summed E-state index contributed by atoms with van der Waals surface area (Å²) in [6.07, 6.45) is -3.38. The van der Waals surface area contributed by atoms with Gasteiger partial charge in [0.15, 0.2) is 17.4 Å². The molecule has 0 bridgehead atoms. The standard InChI is InChI=1S/C30H29N5O7/c1-39-21-12-8-19(9-13-21)30(18-6-4-3-5-7-18,20-10-14-22(40-2)15-11-20)41-16-23-25(36)26(37)29(42-23)35-17-31-24-27(35)32-34-33-28(24)38/h3-15,17,23,25-26,29,36-37H,16H2,1-2H3,(H,32,33,38)/t23-,25-,26-,29?/m1/s1. The zero-order valence-electron chi connectivity index (χ0n) is 22.8. The largest absolute Gasteiger partial charge is 0.497 e. The maximum atomic E-state index is 12.1. The molecule has 0 radical (unpaired) electrons. The number of aliphatic hydroxyl groups is 2. The van der Waals surface area contributed by atoms with Crippen molar-refractivity contribution in [2.24, 2.45) is 0 Å². The first-order chi connectivity index (χ1) is 20.5. The summed E-state index contributed by atoms with van der Waals surface area (Å²) in [6.45, 7) is -0.111. The molecule has 42 heavy (non-hydrogen) atoms. The fourth-order valence-electron chi connectivity index (χ4n) is 5.35. The number of methoxy groups -OCH3 is 2. The Morgan fingerprint density at radius 2 is 1.48 bits per heavy atom. The van der Waals surface area contributed by atoms with Gasteiger partial charge in [-0.2, -0.15) is 0 Å². The molecule has 0 saturated carbocycles. The SMILES string of the molecule is COc1ccc(C(OC[C@H]2OC(n3cnc4c(=O)[nH]nnc43)[C@H](O)[C@@H]2O)(c2ccccc2)c2ccc(OC)cc2)cc1. The van der Waals surface area contributed by atoms with Crippen LogP contribution in [0.3, 0.4) is 0 Å². The molecule has 0 amide bonds. The summed E-state index contributed by atoms with van der Waals surface area (Å²) in [5, 5.41) is 31.8. The molecule has 0 aliphatic carbocycles. The topological polar surface area (TPSA) is 154 Å². The first kappa shape index (κ1) is 27.5. The number of aromatic nitrogens is 5. The van der Waals surface area contributed by atoms with Gasteiger partial charge in [-0.25, -0.2) is 10.1 Å². The van der Waals surface area contributed by atoms with E-state index in [0.29, 0.717) is 11.5 Å². The van der Waals surface area contributed by atoms with E-state index in [2.05, 4.69) is 20.4 Å². The number of nitrogens with one attached hydrogen (secondary N) is 1. The number of fused-ring (bicyclic) bond motifs is 1. The summed E-state index contributed by atoms with van der Waals surface area (Å²) >= 11 is 0. The van der Waals surface area contributed by atoms with Gasteiger partial charge < -0.3 is 29.2 Å². The molecule has 216 valence electrons. The summed E-state index contributed by atoms with van der Waals surface area (Å²) in [5.41, 5.74) is 0.924. The van der Waals surface area contributed by atoms with Gasteiger partial charge in [0.1, 0.15) is 35.4 Å². The average molecular weight is 572 g/mol. The number of hydrogen-bond donors (Lipinski definition) is 3. The summed E-state index contributed by atoms with van der Waals surface area (Å²) in [6, 6.07) is 24.8. The molecule has 1 fully saturated rings. The lowest BCUT2D eigenvalue weighted by Gasteiger charge is -2.37. The second-order valence-electron chi connectivity index (χ2n) is 9.83. The number of ether oxygens (including phenoxy) is 4. The number of benzene rings is 3. The molecule has 12 heteroatoms. The molecule has 4 atom stereocenters. The van der Waals surface area contributed by atoms with Gasteiger partial charge in [0.25, 0.3) is 5.56 Å². The highest BCUT2D eigenvalue weighted by Crippen LogP contribution is 2.43. The lowest BCUT2D eigenvalue weighted by Crippen LogP contribution is -2.39. The predicted molar refractivity (Wildman–Crippen MR) is 150 cm³/mol. The Morgan fingerprint density at radius 1 is 0.881 bits per heavy atom. The Balaban J connectivity index is 1.39. The summed E-state index contributed by atoms with van der Waals surface area (Å²) in [7, 11) is 3.20. The van der Waals surface area contributed by atoms with Crippen molar-refractivity contribution in [3.05, 3.63) is 112 Å². The normalized spacial score (nSPS) is 20.6. The van der Waals surface area contributed by atoms with Gasteiger partial charge in [0.05, 0.1) is 27.2 Å². The third-order valence-electron chi connectivity index (χ3n) is 7.53. The smallest absolute Gasteiger partial charge is 0.295 e. The van der Waals surface area contributed by atoms with Crippen LogP contribution in [-0.4, -0.2) is 74.3 Å². The Hall–Kier alpha value is -4.62. The van der Waals surface area contributed by atoms with Gasteiger partial charge in [-0.1, -0.05) is 59.8 Å². The van der Waals surface area contributed by atoms with Crippen LogP contribution in [0.2, 0.25) is 0 Å². The molecule has 12 nitrogen and oxygen atoms in total. The minimum absolute atomic E-state index is 0.0390. The van der Waals surface area contributed by atoms with Crippen molar-refractivity contribution in [2.45, 2.75) is 30.1 Å². The van der Waals surface area contributed by atoms with Crippen LogP contribution in [0.15, 0.2) is 90.0 Å². The van der Waals surface area contributed by atoms with Crippen LogP contribution >= 0.6 is 0 Å². The maximum absolute atomic E-state index is 12.1. The van der Waals surface area contributed by atoms with Crippen LogP contribution in [0, 0.1) is 0 Å². The third kappa shape index (κ3) is 4.69. The van der Waals surface area contributed by atoms with E-state index < -0.39 is 35.7 Å². The van der Waals surface area contributed by atoms with Crippen LogP contribution in [0.1, 0.15) is 22.9 Å². The first-order valence-electron chi connectivity index (χ1n) is 13.2. The Bertz CT molecular complexity index is 1660. The van der Waals surface area contributed by atoms with Crippen LogP contribution in [0.25, 0.3) is 11.2 Å². The molecule has 1 saturated heterocycles. The molecule has 1 aliphatic rings. The summed E-state index contributed by atoms with van der Waals surface area (Å²) < 4.78 is 25.1. The van der Waals surface area contributed by atoms with Gasteiger partial charge in [-0.15, -0.1) is 5.10 Å². The van der Waals surface area contributed by atoms with Gasteiger partial charge in [0, 0.05) is 0 Å². The minimum Gasteiger partial charge on any atom is -0.497 e. The van der Waals surface area contributed by atoms with Crippen molar-refractivity contribution in [3.63, 3.8) is 0 Å². The van der Waals surface area contributed by atoms with Crippen molar-refractivity contribution < 1.29 is 29.2 Å². The molecule has 6 rings (SSSR count). The van der Waals surface area contributed by atoms with E-state index in [1.54, 1.807) is 14.2 Å². The molecule has 5 aromatic rings. The third-order valence-corrected chi connectivity index (χ3v) is 7.53. The second kappa shape index (κ2) is 11.3. The Labute approximate surface area is 240 Å². The Morgan fingerprint density at radius 3 is 2.07 bits per heavy atom. The van der Waals surface area contributed by atoms with E-state index in [1.807, 2.05) is 78.9 Å². The molecule has 3 heterocycles. The Kier molecular flexibility index (Phi) is 7.43. The molecule has 1 unspecified atom stereocenters. The summed E-state index contributed by atoms with van der Waals surface area (Å²) in [5.74, 6) is 1.37. The molecule has 0 spiro atoms. The fourth-order valence-corrected chi connectivity index (χ4v) is 5.35. The fraction of sp³-hybridized carbons (Fsp3) is 0.267. The van der Waals surface area contributed by atoms with E-state index in [-0.39, 0.29) is 17.8 Å². The van der Waals surface area contributed by atoms with Crippen LogP contribution in [-0.2, 0) is 15.1 Å². The molecule has 3 N–H and O–H groups in total. The first-order valence-corrected chi connectivity index (χ1v) is 13.2. The van der Waals surface area contributed by atoms with Crippen LogP contribution < -0.4 is 15.0 Å². The number of nitrogens with zero attached hydrogens (tertiary/aromatic N) is 4. The lowest BCUT2D eigenvalue weighted by molar-refractivity contribution is -0.0942. The van der Waals surface area contributed by atoms with E-state index in [9.17, 15) is 15.0 Å². The van der Waals surface area contributed by atoms with Gasteiger partial charge in [0.2, 0.25) is 0 Å². The monoisotopic (exact) mass is 571 g/mol. The van der Waals surface area contributed by atoms with Crippen molar-refractivity contribution in [1.29, 1.82) is 0 Å². The minimum atomic E-state index is -1.36. The molecular weight excluding hydrogens is 542 g/mol. The van der Waals surface area contributed by atoms with Gasteiger partial charge in [-0.05, 0) is 41.0 Å². The quantitative estimate of drug-likeness (QED) is 0.224. The maximum Gasteiger partial charge on any atom is 0.295 e. The average Bonchev–Trinajstić information content (AvgIpc) is 3.59. The molecular formula is C30H29N5O7. The van der Waals surface area contributed by atoms with Gasteiger partial charge >= 0.3 is 0 Å². The highest BCUT2D eigenvalue weighted by Gasteiger charge is 2.47. The number of imidazole rings is 1. The molecule has 1 aliphatic heterocycles. The van der Waals surface area contributed by atoms with E-state index in [4.69, 9.17) is 18.9 Å². The lowest BCUT2D eigenvalue weighted by atomic mass is 9.80. The zero-order chi connectivity index (χ0) is 29.3. The van der Waals surface area contributed by atoms with Crippen LogP contribution in [0.4, 0.5) is 0 Å². The van der Waals surface area contributed by atoms with Crippen molar-refractivity contribution in [2.75, 3.05) is 20.8 Å². The van der Waals surface area contributed by atoms with E-state index in [1.165, 1.54) is 10.9 Å². The van der Waals surface area contributed by atoms with Gasteiger partial charge in [-0.3, -0.25) is 9.36 Å².